The van der Waals surface area contributed by atoms with Crippen LogP contribution in [0, 0.1) is 0 Å². The lowest BCUT2D eigenvalue weighted by atomic mass is 10.2. The SMILES string of the molecule is Oc1ccc2nc(/C=C/c3ccccc3)oc2c1. The monoisotopic (exact) mass is 237 g/mol. The fourth-order valence-corrected chi connectivity index (χ4v) is 1.73. The number of rotatable bonds is 2. The van der Waals surface area contributed by atoms with Crippen LogP contribution < -0.4 is 0 Å². The first kappa shape index (κ1) is 10.6. The molecule has 1 aromatic heterocycles. The van der Waals surface area contributed by atoms with Crippen molar-refractivity contribution < 1.29 is 9.52 Å². The largest absolute Gasteiger partial charge is 0.508 e. The maximum Gasteiger partial charge on any atom is 0.220 e. The lowest BCUT2D eigenvalue weighted by molar-refractivity contribution is 0.474. The lowest BCUT2D eigenvalue weighted by Crippen LogP contribution is -1.71. The van der Waals surface area contributed by atoms with Crippen molar-refractivity contribution in [1.29, 1.82) is 0 Å². The van der Waals surface area contributed by atoms with Crippen LogP contribution in [0.15, 0.2) is 52.9 Å². The number of fused-ring (bicyclic) bond motifs is 1. The predicted octanol–water partition coefficient (Wildman–Crippen LogP) is 3.70. The third-order valence-electron chi connectivity index (χ3n) is 2.61. The zero-order chi connectivity index (χ0) is 12.4. The molecule has 0 unspecified atom stereocenters. The summed E-state index contributed by atoms with van der Waals surface area (Å²) in [6.45, 7) is 0. The number of aromatic hydroxyl groups is 1. The Kier molecular flexibility index (Phi) is 2.57. The quantitative estimate of drug-likeness (QED) is 0.739. The molecular weight excluding hydrogens is 226 g/mol. The first-order valence-electron chi connectivity index (χ1n) is 5.64. The van der Waals surface area contributed by atoms with E-state index in [1.54, 1.807) is 18.2 Å². The van der Waals surface area contributed by atoms with Gasteiger partial charge in [-0.25, -0.2) is 4.98 Å². The molecule has 0 aliphatic heterocycles. The summed E-state index contributed by atoms with van der Waals surface area (Å²) in [5.74, 6) is 0.705. The third-order valence-corrected chi connectivity index (χ3v) is 2.61. The number of benzene rings is 2. The molecule has 3 heteroatoms. The summed E-state index contributed by atoms with van der Waals surface area (Å²) < 4.78 is 5.51. The van der Waals surface area contributed by atoms with Crippen molar-refractivity contribution in [1.82, 2.24) is 4.98 Å². The molecule has 0 spiro atoms. The number of hydrogen-bond donors (Lipinski definition) is 1. The summed E-state index contributed by atoms with van der Waals surface area (Å²) in [4.78, 5) is 4.30. The minimum Gasteiger partial charge on any atom is -0.508 e. The Morgan fingerprint density at radius 1 is 1.00 bits per heavy atom. The maximum absolute atomic E-state index is 9.34. The van der Waals surface area contributed by atoms with E-state index in [1.807, 2.05) is 42.5 Å². The first-order valence-corrected chi connectivity index (χ1v) is 5.64. The second-order valence-electron chi connectivity index (χ2n) is 3.95. The Labute approximate surface area is 104 Å². The average molecular weight is 237 g/mol. The van der Waals surface area contributed by atoms with Gasteiger partial charge in [0.1, 0.15) is 11.3 Å². The Hall–Kier alpha value is -2.55. The van der Waals surface area contributed by atoms with Gasteiger partial charge in [-0.2, -0.15) is 0 Å². The van der Waals surface area contributed by atoms with Gasteiger partial charge in [-0.15, -0.1) is 0 Å². The molecule has 18 heavy (non-hydrogen) atoms. The Balaban J connectivity index is 1.93. The molecule has 0 bridgehead atoms. The smallest absolute Gasteiger partial charge is 0.220 e. The van der Waals surface area contributed by atoms with E-state index in [0.29, 0.717) is 11.5 Å². The van der Waals surface area contributed by atoms with Crippen molar-refractivity contribution >= 4 is 23.3 Å². The van der Waals surface area contributed by atoms with Gasteiger partial charge in [0, 0.05) is 12.1 Å². The predicted molar refractivity (Wildman–Crippen MR) is 71.0 cm³/mol. The number of hydrogen-bond acceptors (Lipinski definition) is 3. The standard InChI is InChI=1S/C15H11NO2/c17-12-7-8-13-14(10-12)18-15(16-13)9-6-11-4-2-1-3-5-11/h1-10,17H/b9-6+. The molecule has 0 amide bonds. The summed E-state index contributed by atoms with van der Waals surface area (Å²) in [5, 5.41) is 9.34. The zero-order valence-corrected chi connectivity index (χ0v) is 9.58. The maximum atomic E-state index is 9.34. The molecule has 0 radical (unpaired) electrons. The summed E-state index contributed by atoms with van der Waals surface area (Å²) in [5.41, 5.74) is 2.41. The van der Waals surface area contributed by atoms with Gasteiger partial charge >= 0.3 is 0 Å². The van der Waals surface area contributed by atoms with Crippen molar-refractivity contribution in [3.05, 3.63) is 60.0 Å². The molecule has 0 atom stereocenters. The minimum absolute atomic E-state index is 0.178. The molecule has 0 aliphatic carbocycles. The van der Waals surface area contributed by atoms with Crippen LogP contribution in [0.3, 0.4) is 0 Å². The Morgan fingerprint density at radius 3 is 2.67 bits per heavy atom. The van der Waals surface area contributed by atoms with Crippen LogP contribution in [0.4, 0.5) is 0 Å². The van der Waals surface area contributed by atoms with E-state index in [4.69, 9.17) is 4.42 Å². The number of nitrogens with zero attached hydrogens (tertiary/aromatic N) is 1. The highest BCUT2D eigenvalue weighted by Crippen LogP contribution is 2.21. The third kappa shape index (κ3) is 2.11. The number of oxazole rings is 1. The van der Waals surface area contributed by atoms with Gasteiger partial charge in [0.05, 0.1) is 0 Å². The van der Waals surface area contributed by atoms with E-state index in [-0.39, 0.29) is 5.75 Å². The Morgan fingerprint density at radius 2 is 1.83 bits per heavy atom. The van der Waals surface area contributed by atoms with E-state index < -0.39 is 0 Å². The molecule has 88 valence electrons. The summed E-state index contributed by atoms with van der Waals surface area (Å²) in [6, 6.07) is 14.8. The normalized spacial score (nSPS) is 11.3. The summed E-state index contributed by atoms with van der Waals surface area (Å²) in [7, 11) is 0. The van der Waals surface area contributed by atoms with Gasteiger partial charge in [0.25, 0.3) is 0 Å². The van der Waals surface area contributed by atoms with E-state index in [2.05, 4.69) is 4.98 Å². The number of phenolic OH excluding ortho intramolecular Hbond substituents is 1. The highest BCUT2D eigenvalue weighted by molar-refractivity contribution is 5.77. The van der Waals surface area contributed by atoms with Gasteiger partial charge in [-0.3, -0.25) is 0 Å². The van der Waals surface area contributed by atoms with Crippen molar-refractivity contribution in [2.24, 2.45) is 0 Å². The van der Waals surface area contributed by atoms with Crippen LogP contribution in [-0.4, -0.2) is 10.1 Å². The van der Waals surface area contributed by atoms with Crippen molar-refractivity contribution in [3.8, 4) is 5.75 Å². The van der Waals surface area contributed by atoms with E-state index in [1.165, 1.54) is 0 Å². The first-order chi connectivity index (χ1) is 8.81. The highest BCUT2D eigenvalue weighted by Gasteiger charge is 2.03. The highest BCUT2D eigenvalue weighted by atomic mass is 16.3. The van der Waals surface area contributed by atoms with Crippen molar-refractivity contribution in [2.45, 2.75) is 0 Å². The van der Waals surface area contributed by atoms with E-state index in [9.17, 15) is 5.11 Å². The molecule has 3 rings (SSSR count). The second kappa shape index (κ2) is 4.37. The Bertz CT molecular complexity index is 699. The second-order valence-corrected chi connectivity index (χ2v) is 3.95. The van der Waals surface area contributed by atoms with Crippen LogP contribution in [0.5, 0.6) is 5.75 Å². The molecule has 1 heterocycles. The van der Waals surface area contributed by atoms with Gasteiger partial charge in [-0.05, 0) is 23.8 Å². The van der Waals surface area contributed by atoms with Crippen molar-refractivity contribution in [3.63, 3.8) is 0 Å². The molecule has 2 aromatic carbocycles. The van der Waals surface area contributed by atoms with Gasteiger partial charge in [0.2, 0.25) is 5.89 Å². The zero-order valence-electron chi connectivity index (χ0n) is 9.58. The van der Waals surface area contributed by atoms with Crippen LogP contribution >= 0.6 is 0 Å². The fraction of sp³-hybridized carbons (Fsp3) is 0. The van der Waals surface area contributed by atoms with Crippen molar-refractivity contribution in [2.75, 3.05) is 0 Å². The molecule has 0 fully saturated rings. The average Bonchev–Trinajstić information content (AvgIpc) is 2.79. The molecule has 0 aliphatic rings. The number of phenols is 1. The minimum atomic E-state index is 0.178. The van der Waals surface area contributed by atoms with Gasteiger partial charge < -0.3 is 9.52 Å². The van der Waals surface area contributed by atoms with Crippen LogP contribution in [0.25, 0.3) is 23.3 Å². The molecule has 3 aromatic rings. The van der Waals surface area contributed by atoms with Gasteiger partial charge in [0.15, 0.2) is 5.58 Å². The van der Waals surface area contributed by atoms with Gasteiger partial charge in [-0.1, -0.05) is 30.3 Å². The van der Waals surface area contributed by atoms with Crippen LogP contribution in [0.2, 0.25) is 0 Å². The summed E-state index contributed by atoms with van der Waals surface area (Å²) in [6.07, 6.45) is 3.75. The molecule has 0 saturated carbocycles. The number of aromatic nitrogens is 1. The molecular formula is C15H11NO2. The summed E-state index contributed by atoms with van der Waals surface area (Å²) >= 11 is 0. The molecule has 0 saturated heterocycles. The molecule has 3 nitrogen and oxygen atoms in total. The molecule has 1 N–H and O–H groups in total. The lowest BCUT2D eigenvalue weighted by Gasteiger charge is -1.89. The van der Waals surface area contributed by atoms with Crippen LogP contribution in [0.1, 0.15) is 11.5 Å². The van der Waals surface area contributed by atoms with E-state index >= 15 is 0 Å². The van der Waals surface area contributed by atoms with E-state index in [0.717, 1.165) is 11.1 Å². The topological polar surface area (TPSA) is 46.3 Å². The van der Waals surface area contributed by atoms with Crippen LogP contribution in [-0.2, 0) is 0 Å². The fourth-order valence-electron chi connectivity index (χ4n) is 1.73.